The Morgan fingerprint density at radius 1 is 1.36 bits per heavy atom. The number of halogens is 1. The highest BCUT2D eigenvalue weighted by Gasteiger charge is 2.39. The Balaban J connectivity index is 2.90. The van der Waals surface area contributed by atoms with Crippen molar-refractivity contribution >= 4 is 37.8 Å². The average Bonchev–Trinajstić information content (AvgIpc) is 2.85. The Hall–Kier alpha value is -1.14. The largest absolute Gasteiger partial charge is 0.445 e. The first kappa shape index (κ1) is 21.9. The molecule has 0 radical (unpaired) electrons. The Morgan fingerprint density at radius 2 is 2.00 bits per heavy atom. The molecular weight excluding hydrogens is 396 g/mol. The van der Waals surface area contributed by atoms with Crippen LogP contribution in [0.15, 0.2) is 23.8 Å². The minimum absolute atomic E-state index is 0.0172. The zero-order valence-electron chi connectivity index (χ0n) is 13.8. The molecule has 1 aliphatic heterocycles. The number of nitrogens with zero attached hydrogens (tertiary/aromatic N) is 1. The van der Waals surface area contributed by atoms with Gasteiger partial charge in [0, 0.05) is 18.0 Å². The molecule has 0 aromatic heterocycles. The van der Waals surface area contributed by atoms with Crippen molar-refractivity contribution in [3.05, 3.63) is 23.8 Å². The highest BCUT2D eigenvalue weighted by Crippen LogP contribution is 2.29. The molecule has 0 bridgehead atoms. The van der Waals surface area contributed by atoms with Crippen molar-refractivity contribution in [1.82, 2.24) is 9.62 Å². The van der Waals surface area contributed by atoms with Crippen LogP contribution in [0.25, 0.3) is 0 Å². The summed E-state index contributed by atoms with van der Waals surface area (Å²) in [6.45, 7) is 3.32. The molecule has 0 aromatic rings. The lowest BCUT2D eigenvalue weighted by molar-refractivity contribution is 0.109. The fraction of sp³-hybridized carbons (Fsp3) is 0.615. The molecule has 0 saturated carbocycles. The van der Waals surface area contributed by atoms with Crippen molar-refractivity contribution in [3.8, 4) is 0 Å². The van der Waals surface area contributed by atoms with Crippen molar-refractivity contribution in [1.29, 1.82) is 0 Å². The summed E-state index contributed by atoms with van der Waals surface area (Å²) >= 11 is 6.18. The van der Waals surface area contributed by atoms with E-state index in [4.69, 9.17) is 20.5 Å². The molecule has 0 spiro atoms. The van der Waals surface area contributed by atoms with E-state index in [0.29, 0.717) is 0 Å². The van der Waals surface area contributed by atoms with Crippen LogP contribution >= 0.6 is 11.6 Å². The van der Waals surface area contributed by atoms with Crippen LogP contribution in [0.3, 0.4) is 0 Å². The molecule has 1 heterocycles. The number of carbonyl (C=O) groups is 1. The molecule has 1 amide bonds. The number of sulfonamides is 1. The summed E-state index contributed by atoms with van der Waals surface area (Å²) in [7, 11) is -7.10. The van der Waals surface area contributed by atoms with E-state index < -0.39 is 38.4 Å². The second-order valence-corrected chi connectivity index (χ2v) is 9.27. The molecule has 0 aliphatic carbocycles. The second-order valence-electron chi connectivity index (χ2n) is 5.40. The molecule has 144 valence electrons. The Kier molecular flexibility index (Phi) is 7.88. The first-order valence-corrected chi connectivity index (χ1v) is 11.2. The summed E-state index contributed by atoms with van der Waals surface area (Å²) in [4.78, 5) is 13.4. The number of rotatable bonds is 8. The average molecular weight is 417 g/mol. The van der Waals surface area contributed by atoms with Crippen LogP contribution in [0.1, 0.15) is 6.42 Å². The van der Waals surface area contributed by atoms with Gasteiger partial charge in [-0.3, -0.25) is 9.08 Å². The van der Waals surface area contributed by atoms with Crippen LogP contribution in [0, 0.1) is 0 Å². The van der Waals surface area contributed by atoms with E-state index in [2.05, 4.69) is 11.3 Å². The molecule has 1 rings (SSSR count). The van der Waals surface area contributed by atoms with Gasteiger partial charge in [-0.25, -0.2) is 17.9 Å². The van der Waals surface area contributed by atoms with Gasteiger partial charge in [0.05, 0.1) is 31.2 Å². The molecule has 1 fully saturated rings. The first-order valence-electron chi connectivity index (χ1n) is 7.15. The molecule has 9 nitrogen and oxygen atoms in total. The van der Waals surface area contributed by atoms with Crippen molar-refractivity contribution < 1.29 is 30.6 Å². The predicted molar refractivity (Wildman–Crippen MR) is 93.2 cm³/mol. The molecule has 2 atom stereocenters. The molecule has 0 unspecified atom stereocenters. The monoisotopic (exact) mass is 416 g/mol. The van der Waals surface area contributed by atoms with Crippen molar-refractivity contribution in [2.24, 2.45) is 0 Å². The Morgan fingerprint density at radius 3 is 2.52 bits per heavy atom. The lowest BCUT2D eigenvalue weighted by Crippen LogP contribution is -2.37. The number of nitrogens with one attached hydrogen (secondary N) is 1. The fourth-order valence-electron chi connectivity index (χ4n) is 2.22. The van der Waals surface area contributed by atoms with Gasteiger partial charge in [0.15, 0.2) is 0 Å². The highest BCUT2D eigenvalue weighted by atomic mass is 35.5. The van der Waals surface area contributed by atoms with Crippen LogP contribution in [0.4, 0.5) is 4.79 Å². The lowest BCUT2D eigenvalue weighted by Gasteiger charge is -2.23. The molecule has 1 N–H and O–H groups in total. The topological polar surface area (TPSA) is 119 Å². The standard InChI is InChI=1S/C13H21ClN2O7S2/c1-4-7-22-13(17)16-9-10(23-25(3,20)21)8-12(16)11(14)5-6-15-24(2,18)19/h4-5,10,12,15H,1,6-9H2,2-3H3/t10-,12+/m1/s1. The van der Waals surface area contributed by atoms with Gasteiger partial charge >= 0.3 is 6.09 Å². The third kappa shape index (κ3) is 8.19. The van der Waals surface area contributed by atoms with Crippen LogP contribution in [-0.4, -0.2) is 72.2 Å². The van der Waals surface area contributed by atoms with Gasteiger partial charge in [0.1, 0.15) is 6.61 Å². The van der Waals surface area contributed by atoms with Gasteiger partial charge in [0.25, 0.3) is 10.1 Å². The number of hydrogen-bond donors (Lipinski definition) is 1. The van der Waals surface area contributed by atoms with Gasteiger partial charge < -0.3 is 4.74 Å². The number of likely N-dealkylation sites (tertiary alicyclic amines) is 1. The van der Waals surface area contributed by atoms with Gasteiger partial charge in [-0.2, -0.15) is 8.42 Å². The quantitative estimate of drug-likeness (QED) is 0.449. The van der Waals surface area contributed by atoms with E-state index >= 15 is 0 Å². The van der Waals surface area contributed by atoms with E-state index in [1.807, 2.05) is 0 Å². The third-order valence-electron chi connectivity index (χ3n) is 3.09. The zero-order chi connectivity index (χ0) is 19.3. The van der Waals surface area contributed by atoms with Crippen LogP contribution in [0.5, 0.6) is 0 Å². The lowest BCUT2D eigenvalue weighted by atomic mass is 10.2. The van der Waals surface area contributed by atoms with Crippen molar-refractivity contribution in [3.63, 3.8) is 0 Å². The fourth-order valence-corrected chi connectivity index (χ4v) is 3.52. The van der Waals surface area contributed by atoms with Crippen LogP contribution in [0.2, 0.25) is 0 Å². The summed E-state index contributed by atoms with van der Waals surface area (Å²) in [6.07, 6.45) is 3.34. The summed E-state index contributed by atoms with van der Waals surface area (Å²) in [5, 5.41) is 0.173. The normalized spacial score (nSPS) is 22.0. The Labute approximate surface area is 152 Å². The molecule has 0 aromatic carbocycles. The number of hydrogen-bond acceptors (Lipinski definition) is 7. The molecular formula is C13H21ClN2O7S2. The van der Waals surface area contributed by atoms with E-state index in [9.17, 15) is 21.6 Å². The van der Waals surface area contributed by atoms with Gasteiger partial charge in [-0.1, -0.05) is 30.3 Å². The number of carbonyl (C=O) groups excluding carboxylic acids is 1. The maximum atomic E-state index is 12.1. The maximum absolute atomic E-state index is 12.1. The predicted octanol–water partition coefficient (Wildman–Crippen LogP) is 0.400. The van der Waals surface area contributed by atoms with Gasteiger partial charge in [0.2, 0.25) is 10.0 Å². The van der Waals surface area contributed by atoms with E-state index in [0.717, 1.165) is 12.5 Å². The van der Waals surface area contributed by atoms with Crippen LogP contribution in [-0.2, 0) is 29.1 Å². The maximum Gasteiger partial charge on any atom is 0.410 e. The summed E-state index contributed by atoms with van der Waals surface area (Å²) in [6, 6.07) is -0.688. The second kappa shape index (κ2) is 8.99. The minimum atomic E-state index is -3.71. The summed E-state index contributed by atoms with van der Waals surface area (Å²) in [5.41, 5.74) is 0. The van der Waals surface area contributed by atoms with Crippen molar-refractivity contribution in [2.75, 3.05) is 32.2 Å². The van der Waals surface area contributed by atoms with Crippen molar-refractivity contribution in [2.45, 2.75) is 18.6 Å². The smallest absolute Gasteiger partial charge is 0.410 e. The molecule has 1 aliphatic rings. The summed E-state index contributed by atoms with van der Waals surface area (Å²) < 4.78 is 56.9. The SMILES string of the molecule is C=CCOC(=O)N1C[C@H](OS(C)(=O)=O)C[C@H]1C(Cl)=CCNS(C)(=O)=O. The Bertz CT molecular complexity index is 733. The number of amides is 1. The van der Waals surface area contributed by atoms with E-state index in [1.165, 1.54) is 17.1 Å². The highest BCUT2D eigenvalue weighted by molar-refractivity contribution is 7.88. The molecule has 25 heavy (non-hydrogen) atoms. The van der Waals surface area contributed by atoms with Crippen LogP contribution < -0.4 is 4.72 Å². The molecule has 1 saturated heterocycles. The molecule has 12 heteroatoms. The van der Waals surface area contributed by atoms with E-state index in [1.54, 1.807) is 0 Å². The first-order chi connectivity index (χ1) is 11.4. The van der Waals surface area contributed by atoms with Gasteiger partial charge in [-0.15, -0.1) is 0 Å². The van der Waals surface area contributed by atoms with Gasteiger partial charge in [-0.05, 0) is 0 Å². The number of ether oxygens (including phenoxy) is 1. The third-order valence-corrected chi connectivity index (χ3v) is 4.81. The minimum Gasteiger partial charge on any atom is -0.445 e. The summed E-state index contributed by atoms with van der Waals surface area (Å²) in [5.74, 6) is 0. The van der Waals surface area contributed by atoms with E-state index in [-0.39, 0.29) is 31.1 Å². The zero-order valence-corrected chi connectivity index (χ0v) is 16.2.